The fraction of sp³-hybridized carbons (Fsp3) is 0.304. The van der Waals surface area contributed by atoms with Gasteiger partial charge in [0, 0.05) is 5.92 Å². The Balaban J connectivity index is 1.73. The largest absolute Gasteiger partial charge is 0.0692 e. The summed E-state index contributed by atoms with van der Waals surface area (Å²) in [5.74, 6) is 0.443. The van der Waals surface area contributed by atoms with Gasteiger partial charge in [-0.05, 0) is 52.1 Å². The zero-order valence-electron chi connectivity index (χ0n) is 14.5. The Kier molecular flexibility index (Phi) is 3.13. The molecular weight excluding hydrogens is 276 g/mol. The van der Waals surface area contributed by atoms with Gasteiger partial charge >= 0.3 is 0 Å². The summed E-state index contributed by atoms with van der Waals surface area (Å²) in [6.07, 6.45) is 5.91. The maximum atomic E-state index is 2.46. The molecule has 1 atom stereocenters. The molecule has 0 aromatic heterocycles. The minimum atomic E-state index is 0.225. The maximum Gasteiger partial charge on any atom is 0.0234 e. The Morgan fingerprint density at radius 1 is 0.913 bits per heavy atom. The lowest BCUT2D eigenvalue weighted by Gasteiger charge is -2.18. The third kappa shape index (κ3) is 2.37. The maximum absolute atomic E-state index is 2.46. The summed E-state index contributed by atoms with van der Waals surface area (Å²) in [6, 6.07) is 15.9. The smallest absolute Gasteiger partial charge is 0.0234 e. The van der Waals surface area contributed by atoms with E-state index in [0.717, 1.165) is 6.42 Å². The van der Waals surface area contributed by atoms with Crippen molar-refractivity contribution in [2.75, 3.05) is 0 Å². The first-order valence-corrected chi connectivity index (χ1v) is 8.55. The van der Waals surface area contributed by atoms with Gasteiger partial charge in [0.25, 0.3) is 0 Å². The van der Waals surface area contributed by atoms with Crippen molar-refractivity contribution in [1.82, 2.24) is 0 Å². The van der Waals surface area contributed by atoms with E-state index in [0.29, 0.717) is 5.92 Å². The van der Waals surface area contributed by atoms with Crippen LogP contribution in [0.3, 0.4) is 0 Å². The topological polar surface area (TPSA) is 0 Å². The molecule has 0 amide bonds. The van der Waals surface area contributed by atoms with Crippen molar-refractivity contribution in [3.63, 3.8) is 0 Å². The first kappa shape index (κ1) is 14.5. The van der Waals surface area contributed by atoms with Gasteiger partial charge in [-0.25, -0.2) is 0 Å². The van der Waals surface area contributed by atoms with Crippen molar-refractivity contribution in [3.8, 4) is 11.1 Å². The summed E-state index contributed by atoms with van der Waals surface area (Å²) in [5.41, 5.74) is 10.4. The zero-order chi connectivity index (χ0) is 16.2. The molecule has 0 N–H and O–H groups in total. The van der Waals surface area contributed by atoms with E-state index in [1.54, 1.807) is 0 Å². The molecule has 0 heteroatoms. The molecule has 116 valence electrons. The average Bonchev–Trinajstić information content (AvgIpc) is 3.06. The van der Waals surface area contributed by atoms with Gasteiger partial charge in [-0.2, -0.15) is 0 Å². The van der Waals surface area contributed by atoms with Crippen LogP contribution in [0, 0.1) is 5.41 Å². The van der Waals surface area contributed by atoms with Gasteiger partial charge < -0.3 is 0 Å². The monoisotopic (exact) mass is 300 g/mol. The van der Waals surface area contributed by atoms with Crippen LogP contribution in [0.2, 0.25) is 0 Å². The van der Waals surface area contributed by atoms with Crippen LogP contribution in [0.25, 0.3) is 11.1 Å². The predicted octanol–water partition coefficient (Wildman–Crippen LogP) is 6.27. The fourth-order valence-electron chi connectivity index (χ4n) is 3.88. The van der Waals surface area contributed by atoms with E-state index in [1.165, 1.54) is 39.0 Å². The first-order chi connectivity index (χ1) is 10.9. The first-order valence-electron chi connectivity index (χ1n) is 8.55. The molecule has 0 heterocycles. The van der Waals surface area contributed by atoms with Crippen molar-refractivity contribution in [2.24, 2.45) is 5.41 Å². The minimum absolute atomic E-state index is 0.225. The van der Waals surface area contributed by atoms with Crippen LogP contribution < -0.4 is 0 Å². The molecule has 23 heavy (non-hydrogen) atoms. The summed E-state index contributed by atoms with van der Waals surface area (Å²) in [7, 11) is 0. The third-order valence-corrected chi connectivity index (χ3v) is 5.26. The molecule has 2 aliphatic carbocycles. The molecule has 0 nitrogen and oxygen atoms in total. The highest BCUT2D eigenvalue weighted by atomic mass is 14.3. The van der Waals surface area contributed by atoms with Gasteiger partial charge in [0.1, 0.15) is 0 Å². The third-order valence-electron chi connectivity index (χ3n) is 5.26. The highest BCUT2D eigenvalue weighted by Gasteiger charge is 2.26. The van der Waals surface area contributed by atoms with Gasteiger partial charge in [0.15, 0.2) is 0 Å². The summed E-state index contributed by atoms with van der Waals surface area (Å²) < 4.78 is 0. The molecule has 2 aromatic carbocycles. The summed E-state index contributed by atoms with van der Waals surface area (Å²) >= 11 is 0. The molecule has 0 saturated heterocycles. The van der Waals surface area contributed by atoms with Crippen LogP contribution in [0.1, 0.15) is 50.3 Å². The number of hydrogen-bond donors (Lipinski definition) is 0. The Morgan fingerprint density at radius 2 is 1.65 bits per heavy atom. The van der Waals surface area contributed by atoms with Crippen LogP contribution in [0.4, 0.5) is 0 Å². The highest BCUT2D eigenvalue weighted by molar-refractivity contribution is 5.77. The minimum Gasteiger partial charge on any atom is -0.0692 e. The van der Waals surface area contributed by atoms with E-state index in [-0.39, 0.29) is 5.41 Å². The highest BCUT2D eigenvalue weighted by Crippen LogP contribution is 2.43. The van der Waals surface area contributed by atoms with Crippen molar-refractivity contribution >= 4 is 0 Å². The van der Waals surface area contributed by atoms with E-state index < -0.39 is 0 Å². The Bertz CT molecular complexity index is 841. The lowest BCUT2D eigenvalue weighted by molar-refractivity contribution is 0.517. The number of hydrogen-bond acceptors (Lipinski definition) is 0. The summed E-state index contributed by atoms with van der Waals surface area (Å²) in [5, 5.41) is 0. The van der Waals surface area contributed by atoms with E-state index in [9.17, 15) is 0 Å². The zero-order valence-corrected chi connectivity index (χ0v) is 14.5. The van der Waals surface area contributed by atoms with Crippen molar-refractivity contribution < 1.29 is 0 Å². The molecule has 0 spiro atoms. The quantitative estimate of drug-likeness (QED) is 0.496. The second-order valence-corrected chi connectivity index (χ2v) is 7.99. The summed E-state index contributed by atoms with van der Waals surface area (Å²) in [6.45, 7) is 9.15. The molecule has 2 aromatic rings. The van der Waals surface area contributed by atoms with Crippen molar-refractivity contribution in [1.29, 1.82) is 0 Å². The van der Waals surface area contributed by atoms with Gasteiger partial charge in [-0.3, -0.25) is 0 Å². The second-order valence-electron chi connectivity index (χ2n) is 7.99. The Morgan fingerprint density at radius 3 is 2.39 bits per heavy atom. The van der Waals surface area contributed by atoms with E-state index >= 15 is 0 Å². The SMILES string of the molecule is CC1=CC(C(C)(C)C)=CC1c1ccc2c(c1)Cc1ccccc1-2. The number of rotatable bonds is 1. The second kappa shape index (κ2) is 4.96. The normalized spacial score (nSPS) is 19.2. The van der Waals surface area contributed by atoms with E-state index in [4.69, 9.17) is 0 Å². The molecular formula is C23H24. The molecule has 0 saturated carbocycles. The fourth-order valence-corrected chi connectivity index (χ4v) is 3.88. The van der Waals surface area contributed by atoms with Gasteiger partial charge in [-0.1, -0.05) is 81.0 Å². The molecule has 0 aliphatic heterocycles. The molecule has 0 fully saturated rings. The van der Waals surface area contributed by atoms with E-state index in [1.807, 2.05) is 0 Å². The molecule has 4 rings (SSSR count). The standard InChI is InChI=1S/C23H24/c1-15-11-19(23(2,3)4)14-22(15)17-9-10-21-18(13-17)12-16-7-5-6-8-20(16)21/h5-11,13-14,22H,12H2,1-4H3. The molecule has 0 radical (unpaired) electrons. The summed E-state index contributed by atoms with van der Waals surface area (Å²) in [4.78, 5) is 0. The number of benzene rings is 2. The van der Waals surface area contributed by atoms with Gasteiger partial charge in [0.2, 0.25) is 0 Å². The number of fused-ring (bicyclic) bond motifs is 3. The Hall–Kier alpha value is -2.08. The molecule has 1 unspecified atom stereocenters. The van der Waals surface area contributed by atoms with Crippen LogP contribution in [-0.2, 0) is 6.42 Å². The molecule has 2 aliphatic rings. The van der Waals surface area contributed by atoms with E-state index in [2.05, 4.69) is 82.3 Å². The van der Waals surface area contributed by atoms with Gasteiger partial charge in [-0.15, -0.1) is 0 Å². The lowest BCUT2D eigenvalue weighted by atomic mass is 9.86. The van der Waals surface area contributed by atoms with Gasteiger partial charge in [0.05, 0.1) is 0 Å². The van der Waals surface area contributed by atoms with Crippen LogP contribution in [-0.4, -0.2) is 0 Å². The van der Waals surface area contributed by atoms with Crippen LogP contribution >= 0.6 is 0 Å². The predicted molar refractivity (Wildman–Crippen MR) is 98.7 cm³/mol. The average molecular weight is 300 g/mol. The van der Waals surface area contributed by atoms with Crippen LogP contribution in [0.15, 0.2) is 65.8 Å². The Labute approximate surface area is 139 Å². The van der Waals surface area contributed by atoms with Crippen LogP contribution in [0.5, 0.6) is 0 Å². The van der Waals surface area contributed by atoms with Crippen molar-refractivity contribution in [3.05, 3.63) is 82.5 Å². The lowest BCUT2D eigenvalue weighted by Crippen LogP contribution is -2.06. The molecule has 0 bridgehead atoms. The van der Waals surface area contributed by atoms with Crippen molar-refractivity contribution in [2.45, 2.75) is 40.0 Å². The number of allylic oxidation sites excluding steroid dienone is 4.